The summed E-state index contributed by atoms with van der Waals surface area (Å²) in [6.45, 7) is 1.79. The number of amides is 1. The van der Waals surface area contributed by atoms with Crippen LogP contribution in [0.25, 0.3) is 21.1 Å². The van der Waals surface area contributed by atoms with Crippen molar-refractivity contribution < 1.29 is 13.2 Å². The van der Waals surface area contributed by atoms with Crippen LogP contribution in [-0.2, 0) is 14.8 Å². The first-order chi connectivity index (χ1) is 14.8. The van der Waals surface area contributed by atoms with Crippen LogP contribution < -0.4 is 10.5 Å². The van der Waals surface area contributed by atoms with Gasteiger partial charge in [-0.05, 0) is 54.1 Å². The summed E-state index contributed by atoms with van der Waals surface area (Å²) in [6.07, 6.45) is 0. The van der Waals surface area contributed by atoms with Crippen LogP contribution in [0.4, 0.5) is 5.69 Å². The number of hydrogen-bond acceptors (Lipinski definition) is 7. The number of nitrogens with one attached hydrogen (secondary N) is 2. The molecule has 0 aliphatic rings. The average molecular weight is 491 g/mol. The monoisotopic (exact) mass is 490 g/mol. The number of primary sulfonamides is 1. The summed E-state index contributed by atoms with van der Waals surface area (Å²) in [5, 5.41) is 12.1. The van der Waals surface area contributed by atoms with E-state index in [9.17, 15) is 13.2 Å². The van der Waals surface area contributed by atoms with Crippen molar-refractivity contribution in [2.75, 3.05) is 5.32 Å². The van der Waals surface area contributed by atoms with Gasteiger partial charge >= 0.3 is 0 Å². The predicted octanol–water partition coefficient (Wildman–Crippen LogP) is 4.63. The summed E-state index contributed by atoms with van der Waals surface area (Å²) >= 11 is 4.56. The molecule has 0 spiro atoms. The Morgan fingerprint density at radius 3 is 2.32 bits per heavy atom. The van der Waals surface area contributed by atoms with Crippen molar-refractivity contribution in [1.82, 2.24) is 9.97 Å². The van der Waals surface area contributed by atoms with Crippen LogP contribution in [0.2, 0.25) is 0 Å². The SMILES string of the molecule is CC(Sc1nc(-c2cccs2)c(-c2cccs2)[nH]1)C(=O)Nc1ccc(S(N)(=O)=O)cc1. The van der Waals surface area contributed by atoms with E-state index in [1.54, 1.807) is 29.6 Å². The molecule has 0 saturated carbocycles. The van der Waals surface area contributed by atoms with Gasteiger partial charge in [-0.3, -0.25) is 4.79 Å². The maximum Gasteiger partial charge on any atom is 0.238 e. The molecule has 160 valence electrons. The number of carbonyl (C=O) groups is 1. The van der Waals surface area contributed by atoms with Crippen LogP contribution in [0.1, 0.15) is 6.92 Å². The summed E-state index contributed by atoms with van der Waals surface area (Å²) in [6, 6.07) is 13.8. The first-order valence-electron chi connectivity index (χ1n) is 9.09. The van der Waals surface area contributed by atoms with E-state index in [2.05, 4.69) is 10.3 Å². The quantitative estimate of drug-likeness (QED) is 0.326. The van der Waals surface area contributed by atoms with E-state index in [-0.39, 0.29) is 10.8 Å². The molecule has 0 radical (unpaired) electrons. The Labute approximate surface area is 191 Å². The van der Waals surface area contributed by atoms with Crippen molar-refractivity contribution in [3.8, 4) is 21.1 Å². The van der Waals surface area contributed by atoms with Gasteiger partial charge < -0.3 is 10.3 Å². The third kappa shape index (κ3) is 5.08. The smallest absolute Gasteiger partial charge is 0.238 e. The average Bonchev–Trinajstić information content (AvgIpc) is 3.48. The Bertz CT molecular complexity index is 1230. The van der Waals surface area contributed by atoms with Gasteiger partial charge in [0.05, 0.1) is 25.6 Å². The second-order valence-corrected chi connectivity index (χ2v) is 11.3. The molecule has 1 unspecified atom stereocenters. The Morgan fingerprint density at radius 2 is 1.74 bits per heavy atom. The number of anilines is 1. The summed E-state index contributed by atoms with van der Waals surface area (Å²) in [4.78, 5) is 22.9. The molecule has 0 saturated heterocycles. The number of hydrogen-bond donors (Lipinski definition) is 3. The van der Waals surface area contributed by atoms with Gasteiger partial charge in [0.15, 0.2) is 5.16 Å². The molecule has 4 N–H and O–H groups in total. The molecule has 4 rings (SSSR count). The number of H-pyrrole nitrogens is 1. The van der Waals surface area contributed by atoms with E-state index < -0.39 is 15.3 Å². The van der Waals surface area contributed by atoms with Crippen LogP contribution >= 0.6 is 34.4 Å². The van der Waals surface area contributed by atoms with E-state index >= 15 is 0 Å². The van der Waals surface area contributed by atoms with Gasteiger partial charge in [-0.2, -0.15) is 0 Å². The maximum absolute atomic E-state index is 12.6. The van der Waals surface area contributed by atoms with Gasteiger partial charge in [0.2, 0.25) is 15.9 Å². The number of benzene rings is 1. The summed E-state index contributed by atoms with van der Waals surface area (Å²) in [5.41, 5.74) is 2.29. The Hall–Kier alpha value is -2.44. The van der Waals surface area contributed by atoms with Gasteiger partial charge in [-0.1, -0.05) is 23.9 Å². The second-order valence-electron chi connectivity index (χ2n) is 6.54. The normalized spacial score (nSPS) is 12.6. The number of carbonyl (C=O) groups excluding carboxylic acids is 1. The van der Waals surface area contributed by atoms with E-state index in [4.69, 9.17) is 10.1 Å². The Balaban J connectivity index is 1.50. The molecular weight excluding hydrogens is 473 g/mol. The summed E-state index contributed by atoms with van der Waals surface area (Å²) in [7, 11) is -3.77. The fourth-order valence-corrected chi connectivity index (χ4v) is 5.56. The van der Waals surface area contributed by atoms with Crippen molar-refractivity contribution in [3.05, 3.63) is 59.3 Å². The zero-order valence-electron chi connectivity index (χ0n) is 16.2. The fraction of sp³-hybridized carbons (Fsp3) is 0.100. The molecule has 4 aromatic rings. The van der Waals surface area contributed by atoms with Crippen LogP contribution in [0.5, 0.6) is 0 Å². The lowest BCUT2D eigenvalue weighted by atomic mass is 10.2. The molecule has 3 heterocycles. The number of thioether (sulfide) groups is 1. The third-order valence-corrected chi connectivity index (χ3v) is 7.99. The largest absolute Gasteiger partial charge is 0.332 e. The first kappa shape index (κ1) is 21.8. The Morgan fingerprint density at radius 1 is 1.10 bits per heavy atom. The number of nitrogens with zero attached hydrogens (tertiary/aromatic N) is 1. The molecule has 3 aromatic heterocycles. The van der Waals surface area contributed by atoms with Crippen LogP contribution in [0.3, 0.4) is 0 Å². The van der Waals surface area contributed by atoms with E-state index in [0.29, 0.717) is 10.8 Å². The molecule has 0 fully saturated rings. The van der Waals surface area contributed by atoms with Crippen molar-refractivity contribution >= 4 is 56.1 Å². The highest BCUT2D eigenvalue weighted by molar-refractivity contribution is 8.00. The van der Waals surface area contributed by atoms with Gasteiger partial charge in [-0.15, -0.1) is 22.7 Å². The van der Waals surface area contributed by atoms with Crippen molar-refractivity contribution in [2.24, 2.45) is 5.14 Å². The third-order valence-electron chi connectivity index (χ3n) is 4.31. The minimum Gasteiger partial charge on any atom is -0.332 e. The van der Waals surface area contributed by atoms with Gasteiger partial charge in [0.1, 0.15) is 5.69 Å². The second kappa shape index (κ2) is 8.97. The van der Waals surface area contributed by atoms with Crippen molar-refractivity contribution in [3.63, 3.8) is 0 Å². The number of sulfonamides is 1. The van der Waals surface area contributed by atoms with E-state index in [1.807, 2.05) is 35.0 Å². The predicted molar refractivity (Wildman–Crippen MR) is 127 cm³/mol. The molecule has 7 nitrogen and oxygen atoms in total. The number of thiophene rings is 2. The van der Waals surface area contributed by atoms with Crippen LogP contribution in [0, 0.1) is 0 Å². The maximum atomic E-state index is 12.6. The molecule has 1 aromatic carbocycles. The lowest BCUT2D eigenvalue weighted by Gasteiger charge is -2.11. The molecule has 1 atom stereocenters. The van der Waals surface area contributed by atoms with Crippen molar-refractivity contribution in [1.29, 1.82) is 0 Å². The zero-order chi connectivity index (χ0) is 22.0. The molecule has 11 heteroatoms. The Kier molecular flexibility index (Phi) is 6.30. The highest BCUT2D eigenvalue weighted by Gasteiger charge is 2.21. The van der Waals surface area contributed by atoms with E-state index in [1.165, 1.54) is 36.0 Å². The molecule has 0 bridgehead atoms. The topological polar surface area (TPSA) is 118 Å². The van der Waals surface area contributed by atoms with Gasteiger partial charge in [0.25, 0.3) is 0 Å². The highest BCUT2D eigenvalue weighted by Crippen LogP contribution is 2.37. The van der Waals surface area contributed by atoms with Gasteiger partial charge in [-0.25, -0.2) is 18.5 Å². The minimum atomic E-state index is -3.77. The van der Waals surface area contributed by atoms with Gasteiger partial charge in [0, 0.05) is 5.69 Å². The van der Waals surface area contributed by atoms with Crippen LogP contribution in [0.15, 0.2) is 69.3 Å². The summed E-state index contributed by atoms with van der Waals surface area (Å²) < 4.78 is 22.7. The van der Waals surface area contributed by atoms with Crippen molar-refractivity contribution in [2.45, 2.75) is 22.2 Å². The minimum absolute atomic E-state index is 0.00859. The molecule has 0 aliphatic carbocycles. The van der Waals surface area contributed by atoms with Crippen LogP contribution in [-0.4, -0.2) is 29.5 Å². The number of aromatic nitrogens is 2. The molecular formula is C20H18N4O3S4. The zero-order valence-corrected chi connectivity index (χ0v) is 19.5. The lowest BCUT2D eigenvalue weighted by molar-refractivity contribution is -0.115. The fourth-order valence-electron chi connectivity index (χ4n) is 2.79. The number of aromatic amines is 1. The number of nitrogens with two attached hydrogens (primary N) is 1. The number of imidazole rings is 1. The first-order valence-corrected chi connectivity index (χ1v) is 13.3. The number of rotatable bonds is 7. The molecule has 0 aliphatic heterocycles. The molecule has 31 heavy (non-hydrogen) atoms. The lowest BCUT2D eigenvalue weighted by Crippen LogP contribution is -2.22. The summed E-state index contributed by atoms with van der Waals surface area (Å²) in [5.74, 6) is -0.222. The van der Waals surface area contributed by atoms with E-state index in [0.717, 1.165) is 21.1 Å². The highest BCUT2D eigenvalue weighted by atomic mass is 32.2. The standard InChI is InChI=1S/C20H18N4O3S4/c1-12(19(25)22-13-6-8-14(9-7-13)31(21,26)27)30-20-23-17(15-4-2-10-28-15)18(24-20)16-5-3-11-29-16/h2-12H,1H3,(H,22,25)(H,23,24)(H2,21,26,27). The molecule has 1 amide bonds.